The van der Waals surface area contributed by atoms with E-state index in [9.17, 15) is 0 Å². The third-order valence-electron chi connectivity index (χ3n) is 3.13. The second kappa shape index (κ2) is 4.45. The number of aryl methyl sites for hydroxylation is 2. The van der Waals surface area contributed by atoms with Crippen molar-refractivity contribution in [3.63, 3.8) is 0 Å². The van der Waals surface area contributed by atoms with Gasteiger partial charge in [0.15, 0.2) is 5.01 Å². The van der Waals surface area contributed by atoms with Crippen molar-refractivity contribution in [1.82, 2.24) is 30.0 Å². The summed E-state index contributed by atoms with van der Waals surface area (Å²) in [5, 5.41) is 17.7. The smallest absolute Gasteiger partial charge is 0.235 e. The molecule has 7 nitrogen and oxygen atoms in total. The molecule has 104 valence electrons. The predicted octanol–water partition coefficient (Wildman–Crippen LogP) is 2.52. The van der Waals surface area contributed by atoms with Gasteiger partial charge in [0.2, 0.25) is 10.8 Å². The largest absolute Gasteiger partial charge is 0.361 e. The Bertz CT molecular complexity index is 903. The summed E-state index contributed by atoms with van der Waals surface area (Å²) in [7, 11) is 0. The molecular formula is C13H10N6OS. The molecule has 4 aromatic rings. The Morgan fingerprint density at radius 2 is 2.10 bits per heavy atom. The van der Waals surface area contributed by atoms with Gasteiger partial charge in [-0.15, -0.1) is 10.2 Å². The zero-order valence-corrected chi connectivity index (χ0v) is 12.1. The lowest BCUT2D eigenvalue weighted by atomic mass is 10.2. The van der Waals surface area contributed by atoms with E-state index in [0.717, 1.165) is 27.7 Å². The third-order valence-corrected chi connectivity index (χ3v) is 4.05. The van der Waals surface area contributed by atoms with Crippen LogP contribution in [0, 0.1) is 13.8 Å². The van der Waals surface area contributed by atoms with Crippen molar-refractivity contribution in [2.75, 3.05) is 0 Å². The van der Waals surface area contributed by atoms with Crippen LogP contribution in [-0.2, 0) is 0 Å². The van der Waals surface area contributed by atoms with Gasteiger partial charge in [-0.3, -0.25) is 4.98 Å². The molecule has 0 fully saturated rings. The molecule has 0 unspecified atom stereocenters. The maximum atomic E-state index is 5.20. The van der Waals surface area contributed by atoms with E-state index in [1.54, 1.807) is 10.7 Å². The van der Waals surface area contributed by atoms with Crippen LogP contribution in [0.15, 0.2) is 28.9 Å². The number of aromatic nitrogens is 6. The fourth-order valence-corrected chi connectivity index (χ4v) is 3.15. The van der Waals surface area contributed by atoms with Crippen molar-refractivity contribution in [3.05, 3.63) is 35.9 Å². The predicted molar refractivity (Wildman–Crippen MR) is 76.9 cm³/mol. The van der Waals surface area contributed by atoms with Gasteiger partial charge in [-0.2, -0.15) is 9.61 Å². The molecule has 0 saturated heterocycles. The van der Waals surface area contributed by atoms with Crippen LogP contribution >= 0.6 is 11.3 Å². The van der Waals surface area contributed by atoms with E-state index in [4.69, 9.17) is 4.52 Å². The van der Waals surface area contributed by atoms with Crippen molar-refractivity contribution in [3.8, 4) is 22.1 Å². The summed E-state index contributed by atoms with van der Waals surface area (Å²) in [6, 6.07) is 5.65. The fourth-order valence-electron chi connectivity index (χ4n) is 2.16. The van der Waals surface area contributed by atoms with E-state index in [1.807, 2.05) is 32.0 Å². The molecule has 0 amide bonds. The van der Waals surface area contributed by atoms with Crippen LogP contribution in [0.1, 0.15) is 11.5 Å². The van der Waals surface area contributed by atoms with Crippen molar-refractivity contribution in [1.29, 1.82) is 0 Å². The summed E-state index contributed by atoms with van der Waals surface area (Å²) in [5.74, 6) is 1.37. The third kappa shape index (κ3) is 1.83. The number of rotatable bonds is 2. The van der Waals surface area contributed by atoms with Crippen LogP contribution in [0.4, 0.5) is 0 Å². The summed E-state index contributed by atoms with van der Waals surface area (Å²) < 4.78 is 6.90. The molecule has 0 N–H and O–H groups in total. The quantitative estimate of drug-likeness (QED) is 0.565. The lowest BCUT2D eigenvalue weighted by Gasteiger charge is -1.95. The van der Waals surface area contributed by atoms with Gasteiger partial charge < -0.3 is 4.52 Å². The van der Waals surface area contributed by atoms with Gasteiger partial charge in [-0.25, -0.2) is 0 Å². The maximum absolute atomic E-state index is 5.20. The van der Waals surface area contributed by atoms with Crippen LogP contribution in [0.3, 0.4) is 0 Å². The normalized spacial score (nSPS) is 11.3. The first kappa shape index (κ1) is 12.2. The highest BCUT2D eigenvalue weighted by atomic mass is 32.1. The van der Waals surface area contributed by atoms with E-state index in [2.05, 4.69) is 25.4 Å². The standard InChI is InChI=1S/C13H10N6OS/c1-7-10(8(2)20-18-7)12-17-19-11(15-16-13(19)21-12)9-5-3-4-6-14-9/h3-6H,1-2H3. The lowest BCUT2D eigenvalue weighted by molar-refractivity contribution is 0.393. The summed E-state index contributed by atoms with van der Waals surface area (Å²) in [5.41, 5.74) is 2.47. The Morgan fingerprint density at radius 3 is 2.81 bits per heavy atom. The van der Waals surface area contributed by atoms with Gasteiger partial charge in [0.25, 0.3) is 0 Å². The van der Waals surface area contributed by atoms with Gasteiger partial charge >= 0.3 is 0 Å². The molecule has 21 heavy (non-hydrogen) atoms. The molecule has 0 bridgehead atoms. The Morgan fingerprint density at radius 1 is 1.19 bits per heavy atom. The number of fused-ring (bicyclic) bond motifs is 1. The topological polar surface area (TPSA) is 82.0 Å². The van der Waals surface area contributed by atoms with Crippen LogP contribution in [0.25, 0.3) is 27.1 Å². The first-order valence-electron chi connectivity index (χ1n) is 6.31. The summed E-state index contributed by atoms with van der Waals surface area (Å²) in [6.45, 7) is 3.77. The highest BCUT2D eigenvalue weighted by molar-refractivity contribution is 7.19. The Balaban J connectivity index is 1.91. The number of pyridine rings is 1. The highest BCUT2D eigenvalue weighted by Gasteiger charge is 2.19. The second-order valence-electron chi connectivity index (χ2n) is 4.54. The van der Waals surface area contributed by atoms with Gasteiger partial charge in [-0.1, -0.05) is 22.6 Å². The Hall–Kier alpha value is -2.61. The number of hydrogen-bond acceptors (Lipinski definition) is 7. The van der Waals surface area contributed by atoms with Crippen LogP contribution < -0.4 is 0 Å². The minimum atomic E-state index is 0.625. The van der Waals surface area contributed by atoms with Crippen molar-refractivity contribution < 1.29 is 4.52 Å². The molecule has 8 heteroatoms. The molecule has 0 radical (unpaired) electrons. The Labute approximate surface area is 123 Å². The lowest BCUT2D eigenvalue weighted by Crippen LogP contribution is -1.93. The van der Waals surface area contributed by atoms with E-state index < -0.39 is 0 Å². The monoisotopic (exact) mass is 298 g/mol. The molecule has 0 aliphatic carbocycles. The van der Waals surface area contributed by atoms with Gasteiger partial charge in [0.05, 0.1) is 11.3 Å². The molecule has 0 spiro atoms. The molecule has 0 atom stereocenters. The van der Waals surface area contributed by atoms with Gasteiger partial charge in [-0.05, 0) is 26.0 Å². The van der Waals surface area contributed by atoms with Crippen LogP contribution in [0.5, 0.6) is 0 Å². The first-order chi connectivity index (χ1) is 10.2. The SMILES string of the molecule is Cc1noc(C)c1-c1nn2c(-c3ccccn3)nnc2s1. The van der Waals surface area contributed by atoms with Crippen LogP contribution in [-0.4, -0.2) is 30.0 Å². The molecule has 0 aromatic carbocycles. The Kier molecular flexibility index (Phi) is 2.58. The molecule has 0 aliphatic rings. The molecule has 4 heterocycles. The average molecular weight is 298 g/mol. The maximum Gasteiger partial charge on any atom is 0.235 e. The molecule has 4 aromatic heterocycles. The van der Waals surface area contributed by atoms with Gasteiger partial charge in [0.1, 0.15) is 11.5 Å². The fraction of sp³-hybridized carbons (Fsp3) is 0.154. The molecular weight excluding hydrogens is 288 g/mol. The van der Waals surface area contributed by atoms with E-state index in [0.29, 0.717) is 10.8 Å². The van der Waals surface area contributed by atoms with Crippen molar-refractivity contribution >= 4 is 16.3 Å². The summed E-state index contributed by atoms with van der Waals surface area (Å²) in [4.78, 5) is 5.00. The molecule has 4 rings (SSSR count). The van der Waals surface area contributed by atoms with Gasteiger partial charge in [0, 0.05) is 6.20 Å². The molecule has 0 saturated carbocycles. The number of hydrogen-bond donors (Lipinski definition) is 0. The molecule has 0 aliphatic heterocycles. The summed E-state index contributed by atoms with van der Waals surface area (Å²) >= 11 is 1.45. The van der Waals surface area contributed by atoms with E-state index in [-0.39, 0.29) is 0 Å². The zero-order valence-electron chi connectivity index (χ0n) is 11.3. The second-order valence-corrected chi connectivity index (χ2v) is 5.50. The number of nitrogens with zero attached hydrogens (tertiary/aromatic N) is 6. The van der Waals surface area contributed by atoms with Crippen LogP contribution in [0.2, 0.25) is 0 Å². The van der Waals surface area contributed by atoms with Crippen molar-refractivity contribution in [2.24, 2.45) is 0 Å². The van der Waals surface area contributed by atoms with Crippen molar-refractivity contribution in [2.45, 2.75) is 13.8 Å². The highest BCUT2D eigenvalue weighted by Crippen LogP contribution is 2.31. The first-order valence-corrected chi connectivity index (χ1v) is 7.12. The van der Waals surface area contributed by atoms with E-state index in [1.165, 1.54) is 11.3 Å². The van der Waals surface area contributed by atoms with E-state index >= 15 is 0 Å². The zero-order chi connectivity index (χ0) is 14.4. The average Bonchev–Trinajstić information content (AvgIpc) is 3.14. The minimum Gasteiger partial charge on any atom is -0.361 e. The summed E-state index contributed by atoms with van der Waals surface area (Å²) in [6.07, 6.45) is 1.72. The minimum absolute atomic E-state index is 0.625.